The van der Waals surface area contributed by atoms with Crippen molar-refractivity contribution in [1.82, 2.24) is 4.90 Å². The van der Waals surface area contributed by atoms with Crippen molar-refractivity contribution in [2.45, 2.75) is 49.7 Å². The Balaban J connectivity index is 1.61. The lowest BCUT2D eigenvalue weighted by Crippen LogP contribution is -2.61. The van der Waals surface area contributed by atoms with E-state index in [1.807, 2.05) is 16.3 Å². The first kappa shape index (κ1) is 23.1. The quantitative estimate of drug-likeness (QED) is 0.458. The van der Waals surface area contributed by atoms with Gasteiger partial charge in [0.15, 0.2) is 6.10 Å². The lowest BCUT2D eigenvalue weighted by atomic mass is 9.98. The summed E-state index contributed by atoms with van der Waals surface area (Å²) >= 11 is 8.03. The number of nitrogens with zero attached hydrogens (tertiary/aromatic N) is 1. The van der Waals surface area contributed by atoms with Gasteiger partial charge in [0.25, 0.3) is 0 Å². The van der Waals surface area contributed by atoms with E-state index in [0.717, 1.165) is 12.0 Å². The third-order valence-corrected chi connectivity index (χ3v) is 7.04. The number of ether oxygens (including phenoxy) is 2. The van der Waals surface area contributed by atoms with Crippen molar-refractivity contribution >= 4 is 34.9 Å². The maximum absolute atomic E-state index is 13.3. The number of carboxylic acid groups (broad SMARTS) is 1. The molecular formula is C21H22ClNO8S. The van der Waals surface area contributed by atoms with E-state index < -0.39 is 48.7 Å². The van der Waals surface area contributed by atoms with Gasteiger partial charge in [-0.05, 0) is 35.1 Å². The summed E-state index contributed by atoms with van der Waals surface area (Å²) < 4.78 is 10.5. The number of benzene rings is 1. The molecule has 0 saturated carbocycles. The molecule has 1 aromatic carbocycles. The third-order valence-electron chi connectivity index (χ3n) is 5.67. The molecule has 0 aliphatic carbocycles. The number of aliphatic hydroxyl groups is 3. The average molecular weight is 484 g/mol. The number of fused-ring (bicyclic) bond motifs is 1. The van der Waals surface area contributed by atoms with Gasteiger partial charge in [-0.25, -0.2) is 9.59 Å². The summed E-state index contributed by atoms with van der Waals surface area (Å²) in [6.07, 6.45) is -8.50. The van der Waals surface area contributed by atoms with Gasteiger partial charge in [-0.1, -0.05) is 29.8 Å². The number of aliphatic carboxylic acids is 1. The number of thiophene rings is 1. The van der Waals surface area contributed by atoms with Gasteiger partial charge in [0.2, 0.25) is 6.29 Å². The van der Waals surface area contributed by atoms with Gasteiger partial charge in [-0.15, -0.1) is 11.3 Å². The van der Waals surface area contributed by atoms with Crippen molar-refractivity contribution in [3.63, 3.8) is 0 Å². The molecule has 11 heteroatoms. The molecular weight excluding hydrogens is 462 g/mol. The van der Waals surface area contributed by atoms with Crippen LogP contribution in [0.2, 0.25) is 5.02 Å². The maximum atomic E-state index is 13.3. The first-order valence-corrected chi connectivity index (χ1v) is 11.2. The number of carboxylic acids is 1. The van der Waals surface area contributed by atoms with E-state index >= 15 is 0 Å². The molecule has 6 atom stereocenters. The molecule has 0 amide bonds. The second-order valence-electron chi connectivity index (χ2n) is 7.69. The molecule has 2 aromatic rings. The Labute approximate surface area is 192 Å². The van der Waals surface area contributed by atoms with E-state index in [4.69, 9.17) is 21.1 Å². The van der Waals surface area contributed by atoms with Crippen molar-refractivity contribution in [3.8, 4) is 0 Å². The fourth-order valence-corrected chi connectivity index (χ4v) is 5.12. The largest absolute Gasteiger partial charge is 0.479 e. The van der Waals surface area contributed by atoms with Gasteiger partial charge in [-0.2, -0.15) is 0 Å². The van der Waals surface area contributed by atoms with Crippen molar-refractivity contribution in [2.75, 3.05) is 6.54 Å². The van der Waals surface area contributed by atoms with Crippen LogP contribution in [-0.4, -0.2) is 74.5 Å². The Morgan fingerprint density at radius 2 is 1.91 bits per heavy atom. The molecule has 0 radical (unpaired) electrons. The molecule has 32 heavy (non-hydrogen) atoms. The standard InChI is InChI=1S/C21H22ClNO8S/c22-12-4-2-1-3-11(12)14(23-7-5-13-10(9-23)6-8-32-13)20(29)31-21-17(26)15(24)16(25)18(30-21)19(27)28/h1-4,6,8,14-18,21,24-26H,5,7,9H2,(H,27,28)/t14-,15+,16+,17-,18+,21+/m1/s1. The molecule has 4 rings (SSSR count). The number of hydrogen-bond acceptors (Lipinski definition) is 9. The Morgan fingerprint density at radius 3 is 2.62 bits per heavy atom. The van der Waals surface area contributed by atoms with Crippen molar-refractivity contribution in [3.05, 3.63) is 56.7 Å². The van der Waals surface area contributed by atoms with Gasteiger partial charge in [0.05, 0.1) is 0 Å². The number of rotatable bonds is 5. The highest BCUT2D eigenvalue weighted by Gasteiger charge is 2.49. The number of carbonyl (C=O) groups excluding carboxylic acids is 1. The summed E-state index contributed by atoms with van der Waals surface area (Å²) in [6, 6.07) is 7.82. The second kappa shape index (κ2) is 9.44. The molecule has 0 unspecified atom stereocenters. The average Bonchev–Trinajstić information content (AvgIpc) is 3.23. The zero-order valence-corrected chi connectivity index (χ0v) is 18.3. The molecule has 2 aliphatic rings. The minimum Gasteiger partial charge on any atom is -0.479 e. The SMILES string of the molecule is O=C(O)[C@H]1O[C@@H](OC(=O)[C@@H](c2ccccc2Cl)N2CCc3sccc3C2)[C@H](O)[C@@H](O)[C@@H]1O. The fraction of sp³-hybridized carbons (Fsp3) is 0.429. The van der Waals surface area contributed by atoms with E-state index in [9.17, 15) is 30.0 Å². The van der Waals surface area contributed by atoms with Crippen molar-refractivity contribution < 1.29 is 39.5 Å². The summed E-state index contributed by atoms with van der Waals surface area (Å²) in [5, 5.41) is 41.7. The molecule has 3 heterocycles. The first-order chi connectivity index (χ1) is 15.3. The Kier molecular flexibility index (Phi) is 6.82. The molecule has 1 aromatic heterocycles. The number of carbonyl (C=O) groups is 2. The molecule has 1 saturated heterocycles. The smallest absolute Gasteiger partial charge is 0.335 e. The van der Waals surface area contributed by atoms with Crippen molar-refractivity contribution in [2.24, 2.45) is 0 Å². The maximum Gasteiger partial charge on any atom is 0.335 e. The van der Waals surface area contributed by atoms with E-state index in [1.54, 1.807) is 35.6 Å². The molecule has 0 spiro atoms. The van der Waals surface area contributed by atoms with Crippen LogP contribution in [0.5, 0.6) is 0 Å². The highest BCUT2D eigenvalue weighted by molar-refractivity contribution is 7.10. The van der Waals surface area contributed by atoms with Crippen LogP contribution in [0.1, 0.15) is 22.0 Å². The van der Waals surface area contributed by atoms with Crippen LogP contribution in [0.15, 0.2) is 35.7 Å². The minimum absolute atomic E-state index is 0.342. The van der Waals surface area contributed by atoms with Crippen LogP contribution in [0.25, 0.3) is 0 Å². The topological polar surface area (TPSA) is 137 Å². The zero-order valence-electron chi connectivity index (χ0n) is 16.7. The van der Waals surface area contributed by atoms with E-state index in [0.29, 0.717) is 23.7 Å². The predicted octanol–water partition coefficient (Wildman–Crippen LogP) is 0.936. The molecule has 0 bridgehead atoms. The Hall–Kier alpha value is -2.05. The van der Waals surface area contributed by atoms with Crippen LogP contribution < -0.4 is 0 Å². The number of esters is 1. The molecule has 2 aliphatic heterocycles. The summed E-state index contributed by atoms with van der Waals surface area (Å²) in [5.74, 6) is -2.39. The zero-order chi connectivity index (χ0) is 23.0. The number of hydrogen-bond donors (Lipinski definition) is 4. The van der Waals surface area contributed by atoms with E-state index in [2.05, 4.69) is 0 Å². The first-order valence-electron chi connectivity index (χ1n) is 9.94. The third kappa shape index (κ3) is 4.40. The van der Waals surface area contributed by atoms with Crippen LogP contribution in [0.3, 0.4) is 0 Å². The highest BCUT2D eigenvalue weighted by Crippen LogP contribution is 2.35. The minimum atomic E-state index is -1.88. The van der Waals surface area contributed by atoms with Gasteiger partial charge >= 0.3 is 11.9 Å². The van der Waals surface area contributed by atoms with Gasteiger partial charge in [0, 0.05) is 23.0 Å². The normalized spacial score (nSPS) is 29.2. The van der Waals surface area contributed by atoms with E-state index in [1.165, 1.54) is 4.88 Å². The van der Waals surface area contributed by atoms with Gasteiger partial charge in [-0.3, -0.25) is 4.90 Å². The van der Waals surface area contributed by atoms with Crippen LogP contribution in [0, 0.1) is 0 Å². The summed E-state index contributed by atoms with van der Waals surface area (Å²) in [5.41, 5.74) is 1.57. The fourth-order valence-electron chi connectivity index (χ4n) is 3.99. The Bertz CT molecular complexity index is 1000. The number of aliphatic hydroxyl groups excluding tert-OH is 3. The molecule has 4 N–H and O–H groups in total. The predicted molar refractivity (Wildman–Crippen MR) is 113 cm³/mol. The lowest BCUT2D eigenvalue weighted by molar-refractivity contribution is -0.287. The number of halogens is 1. The second-order valence-corrected chi connectivity index (χ2v) is 9.09. The summed E-state index contributed by atoms with van der Waals surface area (Å²) in [4.78, 5) is 27.8. The van der Waals surface area contributed by atoms with Crippen LogP contribution >= 0.6 is 22.9 Å². The highest BCUT2D eigenvalue weighted by atomic mass is 35.5. The van der Waals surface area contributed by atoms with Gasteiger partial charge in [0.1, 0.15) is 24.4 Å². The van der Waals surface area contributed by atoms with Crippen LogP contribution in [-0.2, 0) is 32.0 Å². The van der Waals surface area contributed by atoms with Gasteiger partial charge < -0.3 is 29.9 Å². The summed E-state index contributed by atoms with van der Waals surface area (Å²) in [7, 11) is 0. The molecule has 9 nitrogen and oxygen atoms in total. The molecule has 1 fully saturated rings. The van der Waals surface area contributed by atoms with Crippen molar-refractivity contribution in [1.29, 1.82) is 0 Å². The van der Waals surface area contributed by atoms with E-state index in [-0.39, 0.29) is 0 Å². The summed E-state index contributed by atoms with van der Waals surface area (Å²) in [6.45, 7) is 1.02. The monoisotopic (exact) mass is 483 g/mol. The van der Waals surface area contributed by atoms with Crippen LogP contribution in [0.4, 0.5) is 0 Å². The molecule has 172 valence electrons. The Morgan fingerprint density at radius 1 is 1.16 bits per heavy atom. The lowest BCUT2D eigenvalue weighted by Gasteiger charge is -2.39.